The van der Waals surface area contributed by atoms with Crippen molar-refractivity contribution in [2.45, 2.75) is 37.1 Å². The average molecular weight is 396 g/mol. The van der Waals surface area contributed by atoms with Gasteiger partial charge in [0.05, 0.1) is 11.5 Å². The van der Waals surface area contributed by atoms with Crippen LogP contribution in [0.1, 0.15) is 41.6 Å². The Labute approximate surface area is 176 Å². The van der Waals surface area contributed by atoms with Gasteiger partial charge in [0.2, 0.25) is 0 Å². The molecule has 0 bridgehead atoms. The molecule has 0 radical (unpaired) electrons. The van der Waals surface area contributed by atoms with Crippen molar-refractivity contribution >= 4 is 5.91 Å². The molecule has 3 aromatic carbocycles. The molecule has 4 heteroatoms. The van der Waals surface area contributed by atoms with Crippen molar-refractivity contribution in [2.75, 3.05) is 0 Å². The van der Waals surface area contributed by atoms with E-state index in [-0.39, 0.29) is 17.7 Å². The summed E-state index contributed by atoms with van der Waals surface area (Å²) in [5, 5.41) is 22.7. The minimum absolute atomic E-state index is 0.0464. The quantitative estimate of drug-likeness (QED) is 0.637. The number of phenolic OH excluding ortho intramolecular Hbond substituents is 1. The molecule has 3 aromatic rings. The summed E-state index contributed by atoms with van der Waals surface area (Å²) >= 11 is 0. The monoisotopic (exact) mass is 396 g/mol. The maximum atomic E-state index is 12.7. The van der Waals surface area contributed by atoms with E-state index in [9.17, 15) is 15.2 Å². The summed E-state index contributed by atoms with van der Waals surface area (Å²) < 4.78 is 0. The Bertz CT molecular complexity index is 1060. The number of phenols is 1. The van der Waals surface area contributed by atoms with Gasteiger partial charge in [-0.05, 0) is 66.6 Å². The van der Waals surface area contributed by atoms with E-state index >= 15 is 0 Å². The van der Waals surface area contributed by atoms with Crippen LogP contribution in [0.4, 0.5) is 0 Å². The largest absolute Gasteiger partial charge is 0.508 e. The molecule has 0 saturated heterocycles. The number of carbonyl (C=O) groups excluding carboxylic acids is 1. The van der Waals surface area contributed by atoms with Crippen LogP contribution in [-0.4, -0.2) is 17.1 Å². The van der Waals surface area contributed by atoms with Gasteiger partial charge in [-0.3, -0.25) is 4.79 Å². The van der Waals surface area contributed by atoms with Crippen molar-refractivity contribution < 1.29 is 9.90 Å². The van der Waals surface area contributed by atoms with Gasteiger partial charge in [0, 0.05) is 11.6 Å². The van der Waals surface area contributed by atoms with Crippen molar-refractivity contribution in [3.05, 3.63) is 90.0 Å². The highest BCUT2D eigenvalue weighted by Gasteiger charge is 2.37. The molecule has 2 N–H and O–H groups in total. The third-order valence-corrected chi connectivity index (χ3v) is 6.04. The zero-order valence-corrected chi connectivity index (χ0v) is 16.7. The number of nitrogens with one attached hydrogen (secondary N) is 1. The summed E-state index contributed by atoms with van der Waals surface area (Å²) in [5.41, 5.74) is 3.09. The molecule has 4 rings (SSSR count). The van der Waals surface area contributed by atoms with Gasteiger partial charge < -0.3 is 10.4 Å². The number of nitrogens with zero attached hydrogens (tertiary/aromatic N) is 1. The molecule has 0 aromatic heterocycles. The van der Waals surface area contributed by atoms with Crippen LogP contribution in [0.5, 0.6) is 5.75 Å². The van der Waals surface area contributed by atoms with Crippen molar-refractivity contribution in [3.8, 4) is 22.9 Å². The number of rotatable bonds is 4. The minimum atomic E-state index is -0.600. The fourth-order valence-electron chi connectivity index (χ4n) is 4.24. The minimum Gasteiger partial charge on any atom is -0.508 e. The Morgan fingerprint density at radius 2 is 1.60 bits per heavy atom. The van der Waals surface area contributed by atoms with Crippen LogP contribution < -0.4 is 5.32 Å². The third-order valence-electron chi connectivity index (χ3n) is 6.04. The van der Waals surface area contributed by atoms with Crippen LogP contribution in [0, 0.1) is 11.3 Å². The van der Waals surface area contributed by atoms with Gasteiger partial charge in [0.25, 0.3) is 5.91 Å². The normalized spacial score (nSPS) is 20.8. The average Bonchev–Trinajstić information content (AvgIpc) is 2.80. The molecule has 1 amide bonds. The van der Waals surface area contributed by atoms with Crippen molar-refractivity contribution in [1.29, 1.82) is 5.26 Å². The fraction of sp³-hybridized carbons (Fsp3) is 0.231. The highest BCUT2D eigenvalue weighted by molar-refractivity contribution is 5.94. The van der Waals surface area contributed by atoms with Gasteiger partial charge in [-0.2, -0.15) is 5.26 Å². The predicted molar refractivity (Wildman–Crippen MR) is 117 cm³/mol. The van der Waals surface area contributed by atoms with Crippen molar-refractivity contribution in [1.82, 2.24) is 5.32 Å². The zero-order chi connectivity index (χ0) is 21.0. The molecule has 150 valence electrons. The first-order valence-corrected chi connectivity index (χ1v) is 10.3. The Morgan fingerprint density at radius 3 is 2.23 bits per heavy atom. The van der Waals surface area contributed by atoms with Crippen LogP contribution >= 0.6 is 0 Å². The van der Waals surface area contributed by atoms with Crippen LogP contribution in [-0.2, 0) is 5.41 Å². The standard InChI is InChI=1S/C26H24N2O2/c27-18-26(22-7-4-8-24(29)17-22)15-13-23(14-16-26)28-25(30)21-11-9-20(10-12-21)19-5-2-1-3-6-19/h1-12,17,23,29H,13-16H2,(H,28,30). The van der Waals surface area contributed by atoms with E-state index in [2.05, 4.69) is 11.4 Å². The number of hydrogen-bond donors (Lipinski definition) is 2. The smallest absolute Gasteiger partial charge is 0.251 e. The Balaban J connectivity index is 1.39. The van der Waals surface area contributed by atoms with Gasteiger partial charge >= 0.3 is 0 Å². The van der Waals surface area contributed by atoms with Gasteiger partial charge in [-0.15, -0.1) is 0 Å². The molecule has 0 atom stereocenters. The van der Waals surface area contributed by atoms with Gasteiger partial charge in [-0.25, -0.2) is 0 Å². The lowest BCUT2D eigenvalue weighted by Crippen LogP contribution is -2.41. The lowest BCUT2D eigenvalue weighted by Gasteiger charge is -2.35. The molecule has 1 aliphatic carbocycles. The second kappa shape index (κ2) is 8.42. The summed E-state index contributed by atoms with van der Waals surface area (Å²) in [4.78, 5) is 12.7. The second-order valence-electron chi connectivity index (χ2n) is 7.94. The molecular formula is C26H24N2O2. The van der Waals surface area contributed by atoms with Crippen LogP contribution in [0.3, 0.4) is 0 Å². The zero-order valence-electron chi connectivity index (χ0n) is 16.7. The molecule has 0 heterocycles. The van der Waals surface area contributed by atoms with E-state index in [4.69, 9.17) is 0 Å². The molecule has 1 fully saturated rings. The summed E-state index contributed by atoms with van der Waals surface area (Å²) in [6.45, 7) is 0. The first kappa shape index (κ1) is 19.7. The highest BCUT2D eigenvalue weighted by Crippen LogP contribution is 2.40. The van der Waals surface area contributed by atoms with Crippen LogP contribution in [0.15, 0.2) is 78.9 Å². The molecule has 1 saturated carbocycles. The third kappa shape index (κ3) is 4.06. The van der Waals surface area contributed by atoms with E-state index in [0.29, 0.717) is 18.4 Å². The summed E-state index contributed by atoms with van der Waals surface area (Å²) in [6.07, 6.45) is 2.78. The summed E-state index contributed by atoms with van der Waals surface area (Å²) in [7, 11) is 0. The van der Waals surface area contributed by atoms with Crippen LogP contribution in [0.2, 0.25) is 0 Å². The Kier molecular flexibility index (Phi) is 5.54. The van der Waals surface area contributed by atoms with E-state index in [1.165, 1.54) is 0 Å². The topological polar surface area (TPSA) is 73.1 Å². The fourth-order valence-corrected chi connectivity index (χ4v) is 4.24. The predicted octanol–water partition coefficient (Wildman–Crippen LogP) is 5.19. The maximum absolute atomic E-state index is 12.7. The number of nitriles is 1. The summed E-state index contributed by atoms with van der Waals surface area (Å²) in [5.74, 6) is 0.0953. The van der Waals surface area contributed by atoms with Crippen molar-refractivity contribution in [2.24, 2.45) is 0 Å². The van der Waals surface area contributed by atoms with Gasteiger partial charge in [-0.1, -0.05) is 54.6 Å². The molecular weight excluding hydrogens is 372 g/mol. The van der Waals surface area contributed by atoms with Gasteiger partial charge in [0.1, 0.15) is 5.75 Å². The number of carbonyl (C=O) groups is 1. The highest BCUT2D eigenvalue weighted by atomic mass is 16.3. The van der Waals surface area contributed by atoms with Crippen molar-refractivity contribution in [3.63, 3.8) is 0 Å². The van der Waals surface area contributed by atoms with E-state index in [0.717, 1.165) is 29.5 Å². The summed E-state index contributed by atoms with van der Waals surface area (Å²) in [6, 6.07) is 27.2. The number of amides is 1. The molecule has 0 aliphatic heterocycles. The first-order chi connectivity index (χ1) is 14.6. The number of benzene rings is 3. The molecule has 4 nitrogen and oxygen atoms in total. The molecule has 0 unspecified atom stereocenters. The maximum Gasteiger partial charge on any atom is 0.251 e. The molecule has 1 aliphatic rings. The van der Waals surface area contributed by atoms with Gasteiger partial charge in [0.15, 0.2) is 0 Å². The lowest BCUT2D eigenvalue weighted by atomic mass is 9.69. The Morgan fingerprint density at radius 1 is 0.933 bits per heavy atom. The first-order valence-electron chi connectivity index (χ1n) is 10.3. The second-order valence-corrected chi connectivity index (χ2v) is 7.94. The van der Waals surface area contributed by atoms with Crippen LogP contribution in [0.25, 0.3) is 11.1 Å². The SMILES string of the molecule is N#CC1(c2cccc(O)c2)CCC(NC(=O)c2ccc(-c3ccccc3)cc2)CC1. The van der Waals surface area contributed by atoms with E-state index < -0.39 is 5.41 Å². The Hall–Kier alpha value is -3.58. The number of aromatic hydroxyl groups is 1. The number of hydrogen-bond acceptors (Lipinski definition) is 3. The molecule has 0 spiro atoms. The molecule has 30 heavy (non-hydrogen) atoms. The van der Waals surface area contributed by atoms with E-state index in [1.54, 1.807) is 18.2 Å². The lowest BCUT2D eigenvalue weighted by molar-refractivity contribution is 0.0922. The van der Waals surface area contributed by atoms with E-state index in [1.807, 2.05) is 60.7 Å².